The summed E-state index contributed by atoms with van der Waals surface area (Å²) in [6.45, 7) is 0. The number of carbonyl (C=O) groups is 4. The largest absolute Gasteiger partial charge is 0.504 e. The van der Waals surface area contributed by atoms with Gasteiger partial charge in [-0.05, 0) is 83.3 Å². The smallest absolute Gasteiger partial charge is 0.254 e. The average molecular weight is 760 g/mol. The van der Waals surface area contributed by atoms with Crippen molar-refractivity contribution in [3.8, 4) is 11.5 Å². The predicted octanol–water partition coefficient (Wildman–Crippen LogP) is 4.92. The van der Waals surface area contributed by atoms with Crippen LogP contribution in [0.2, 0.25) is 0 Å². The molecule has 6 rings (SSSR count). The fraction of sp³-hybridized carbons (Fsp3) is 0.357. The monoisotopic (exact) mass is 758 g/mol. The van der Waals surface area contributed by atoms with Gasteiger partial charge >= 0.3 is 0 Å². The number of phenolic OH excluding ortho intramolecular Hbond substituents is 1. The van der Waals surface area contributed by atoms with Crippen LogP contribution >= 0.6 is 61.7 Å². The highest BCUT2D eigenvalue weighted by atomic mass is 127. The second-order valence-electron chi connectivity index (χ2n) is 10.4. The molecule has 1 N–H and O–H groups in total. The minimum Gasteiger partial charge on any atom is -0.504 e. The van der Waals surface area contributed by atoms with Gasteiger partial charge in [0.15, 0.2) is 21.2 Å². The van der Waals surface area contributed by atoms with Crippen molar-refractivity contribution >= 4 is 91.0 Å². The number of nitrogens with zero attached hydrogens (tertiary/aromatic N) is 2. The van der Waals surface area contributed by atoms with Crippen molar-refractivity contribution in [2.45, 2.75) is 28.5 Å². The van der Waals surface area contributed by atoms with Gasteiger partial charge in [0, 0.05) is 9.49 Å². The number of carbonyl (C=O) groups excluding carboxylic acids is 4. The molecule has 3 fully saturated rings. The number of likely N-dealkylation sites (tertiary alicyclic amines) is 1. The molecule has 40 heavy (non-hydrogen) atoms. The molecule has 4 amide bonds. The summed E-state index contributed by atoms with van der Waals surface area (Å²) in [7, 11) is 1.41. The Morgan fingerprint density at radius 1 is 1.05 bits per heavy atom. The van der Waals surface area contributed by atoms with Gasteiger partial charge in [0.25, 0.3) is 11.8 Å². The van der Waals surface area contributed by atoms with E-state index in [-0.39, 0.29) is 41.6 Å². The van der Waals surface area contributed by atoms with Crippen molar-refractivity contribution in [2.75, 3.05) is 17.5 Å². The van der Waals surface area contributed by atoms with Gasteiger partial charge in [0.2, 0.25) is 11.8 Å². The van der Waals surface area contributed by atoms with Gasteiger partial charge < -0.3 is 9.84 Å². The molecule has 8 nitrogen and oxygen atoms in total. The van der Waals surface area contributed by atoms with E-state index >= 15 is 0 Å². The zero-order valence-electron chi connectivity index (χ0n) is 20.9. The minimum atomic E-state index is -1.93. The lowest BCUT2D eigenvalue weighted by atomic mass is 9.56. The Balaban J connectivity index is 1.52. The highest BCUT2D eigenvalue weighted by Crippen LogP contribution is 2.65. The van der Waals surface area contributed by atoms with Gasteiger partial charge in [-0.3, -0.25) is 29.0 Å². The molecule has 2 aromatic carbocycles. The molecule has 6 atom stereocenters. The van der Waals surface area contributed by atoms with Crippen molar-refractivity contribution in [2.24, 2.45) is 17.8 Å². The van der Waals surface area contributed by atoms with E-state index in [9.17, 15) is 24.3 Å². The van der Waals surface area contributed by atoms with E-state index in [0.29, 0.717) is 16.8 Å². The fourth-order valence-electron chi connectivity index (χ4n) is 6.86. The Morgan fingerprint density at radius 3 is 2.38 bits per heavy atom. The van der Waals surface area contributed by atoms with Crippen molar-refractivity contribution in [3.05, 3.63) is 63.2 Å². The molecule has 0 spiro atoms. The Bertz CT molecular complexity index is 1520. The van der Waals surface area contributed by atoms with E-state index in [4.69, 9.17) is 27.9 Å². The standard InChI is InChI=1S/C28H22BrCl2IN2O6/c1-40-20-9-2-13(10-19(20)35)22-16-7-8-17-21(24(37)34(23(17)36)15-5-3-14(32)4-6-15)18(16)11-27(30)25(38)33(12-29)26(39)28(22,27)31/h2-7,9-10,17-18,21-22,35H,8,11-12H2,1H3/t17-,18+,21-,22-,27+,28-/m0/s1. The topological polar surface area (TPSA) is 104 Å². The molecule has 2 saturated heterocycles. The first-order chi connectivity index (χ1) is 19.0. The highest BCUT2D eigenvalue weighted by molar-refractivity contribution is 14.1. The number of halogens is 4. The third-order valence-electron chi connectivity index (χ3n) is 8.64. The van der Waals surface area contributed by atoms with Crippen LogP contribution in [0.5, 0.6) is 11.5 Å². The van der Waals surface area contributed by atoms with Crippen LogP contribution in [0.4, 0.5) is 5.69 Å². The SMILES string of the molecule is COc1ccc([C@H]2C3=CC[C@@H]4C(=O)N(c5ccc(I)cc5)C(=O)[C@@H]4[C@@H]3C[C@@]3(Cl)C(=O)N(CBr)C(=O)[C@@]23Cl)cc1O. The maximum absolute atomic E-state index is 14.0. The second kappa shape index (κ2) is 9.71. The number of anilines is 1. The van der Waals surface area contributed by atoms with Crippen LogP contribution in [0, 0.1) is 21.3 Å². The maximum atomic E-state index is 14.0. The van der Waals surface area contributed by atoms with Crippen molar-refractivity contribution in [3.63, 3.8) is 0 Å². The lowest BCUT2D eigenvalue weighted by Gasteiger charge is -2.50. The first kappa shape index (κ1) is 28.0. The summed E-state index contributed by atoms with van der Waals surface area (Å²) in [4.78, 5) is 53.4. The normalized spacial score (nSPS) is 33.1. The number of hydrogen-bond donors (Lipinski definition) is 1. The molecule has 12 heteroatoms. The number of amides is 4. The molecule has 2 aliphatic carbocycles. The summed E-state index contributed by atoms with van der Waals surface area (Å²) < 4.78 is 6.16. The van der Waals surface area contributed by atoms with Crippen LogP contribution in [0.3, 0.4) is 0 Å². The van der Waals surface area contributed by atoms with Gasteiger partial charge in [-0.1, -0.05) is 33.6 Å². The van der Waals surface area contributed by atoms with Crippen LogP contribution < -0.4 is 9.64 Å². The van der Waals surface area contributed by atoms with E-state index < -0.39 is 45.2 Å². The molecule has 2 aliphatic heterocycles. The lowest BCUT2D eigenvalue weighted by Crippen LogP contribution is -2.60. The van der Waals surface area contributed by atoms with Gasteiger partial charge in [-0.15, -0.1) is 23.2 Å². The van der Waals surface area contributed by atoms with E-state index in [0.717, 1.165) is 8.47 Å². The zero-order valence-corrected chi connectivity index (χ0v) is 26.2. The first-order valence-electron chi connectivity index (χ1n) is 12.5. The molecule has 2 aromatic rings. The third kappa shape index (κ3) is 3.61. The van der Waals surface area contributed by atoms with E-state index in [1.165, 1.54) is 18.1 Å². The Kier molecular flexibility index (Phi) is 6.79. The molecule has 0 aromatic heterocycles. The van der Waals surface area contributed by atoms with E-state index in [2.05, 4.69) is 38.5 Å². The highest BCUT2D eigenvalue weighted by Gasteiger charge is 2.76. The molecule has 1 saturated carbocycles. The molecule has 0 unspecified atom stereocenters. The van der Waals surface area contributed by atoms with Crippen molar-refractivity contribution in [1.29, 1.82) is 0 Å². The fourth-order valence-corrected chi connectivity index (χ4v) is 8.64. The van der Waals surface area contributed by atoms with Gasteiger partial charge in [-0.2, -0.15) is 0 Å². The summed E-state index contributed by atoms with van der Waals surface area (Å²) in [5, 5.41) is 10.6. The van der Waals surface area contributed by atoms with Crippen LogP contribution in [0.25, 0.3) is 0 Å². The summed E-state index contributed by atoms with van der Waals surface area (Å²) in [5.41, 5.74) is 1.46. The minimum absolute atomic E-state index is 0.0999. The number of fused-ring (bicyclic) bond motifs is 4. The van der Waals surface area contributed by atoms with Gasteiger partial charge in [0.1, 0.15) is 0 Å². The van der Waals surface area contributed by atoms with Gasteiger partial charge in [-0.25, -0.2) is 0 Å². The molecule has 0 bridgehead atoms. The number of methoxy groups -OCH3 is 1. The summed E-state index contributed by atoms with van der Waals surface area (Å²) >= 11 is 19.8. The first-order valence-corrected chi connectivity index (χ1v) is 15.5. The van der Waals surface area contributed by atoms with Crippen LogP contribution in [0.15, 0.2) is 54.1 Å². The van der Waals surface area contributed by atoms with Crippen molar-refractivity contribution in [1.82, 2.24) is 4.90 Å². The maximum Gasteiger partial charge on any atom is 0.254 e. The number of ether oxygens (including phenoxy) is 1. The van der Waals surface area contributed by atoms with Gasteiger partial charge in [0.05, 0.1) is 30.1 Å². The summed E-state index contributed by atoms with van der Waals surface area (Å²) in [6.07, 6.45) is 2.01. The number of imide groups is 2. The molecule has 4 aliphatic rings. The number of allylic oxidation sites excluding steroid dienone is 2. The number of aromatic hydroxyl groups is 1. The molecule has 0 radical (unpaired) electrons. The number of alkyl halides is 3. The summed E-state index contributed by atoms with van der Waals surface area (Å²) in [5.74, 6) is -5.02. The molecular formula is C28H22BrCl2IN2O6. The number of benzene rings is 2. The average Bonchev–Trinajstić information content (AvgIpc) is 3.27. The molecule has 208 valence electrons. The number of rotatable bonds is 4. The molecule has 2 heterocycles. The molecular weight excluding hydrogens is 738 g/mol. The third-order valence-corrected chi connectivity index (χ3v) is 11.3. The Hall–Kier alpha value is -2.15. The quantitative estimate of drug-likeness (QED) is 0.156. The van der Waals surface area contributed by atoms with Crippen LogP contribution in [-0.2, 0) is 19.2 Å². The Labute approximate surface area is 261 Å². The second-order valence-corrected chi connectivity index (χ2v) is 13.4. The van der Waals surface area contributed by atoms with E-state index in [1.807, 2.05) is 18.2 Å². The lowest BCUT2D eigenvalue weighted by molar-refractivity contribution is -0.138. The van der Waals surface area contributed by atoms with Crippen LogP contribution in [-0.4, -0.2) is 55.9 Å². The summed E-state index contributed by atoms with van der Waals surface area (Å²) in [6, 6.07) is 11.7. The number of phenols is 1. The zero-order chi connectivity index (χ0) is 28.7. The Morgan fingerprint density at radius 2 is 1.75 bits per heavy atom. The van der Waals surface area contributed by atoms with Crippen molar-refractivity contribution < 1.29 is 29.0 Å². The predicted molar refractivity (Wildman–Crippen MR) is 160 cm³/mol. The van der Waals surface area contributed by atoms with Crippen LogP contribution in [0.1, 0.15) is 24.3 Å². The van der Waals surface area contributed by atoms with E-state index in [1.54, 1.807) is 24.3 Å². The number of hydrogen-bond acceptors (Lipinski definition) is 6.